The van der Waals surface area contributed by atoms with E-state index in [2.05, 4.69) is 11.3 Å². The number of ether oxygens (including phenoxy) is 1. The van der Waals surface area contributed by atoms with Crippen molar-refractivity contribution >= 4 is 40.9 Å². The first-order chi connectivity index (χ1) is 11.3. The van der Waals surface area contributed by atoms with Crippen molar-refractivity contribution in [3.05, 3.63) is 45.5 Å². The summed E-state index contributed by atoms with van der Waals surface area (Å²) in [5, 5.41) is 9.59. The van der Waals surface area contributed by atoms with Gasteiger partial charge in [-0.1, -0.05) is 29.8 Å². The van der Waals surface area contributed by atoms with Crippen LogP contribution in [-0.2, 0) is 25.5 Å². The molecule has 0 saturated heterocycles. The van der Waals surface area contributed by atoms with Crippen LogP contribution in [0.3, 0.4) is 0 Å². The summed E-state index contributed by atoms with van der Waals surface area (Å²) < 4.78 is 4.50. The van der Waals surface area contributed by atoms with Crippen molar-refractivity contribution in [3.8, 4) is 0 Å². The van der Waals surface area contributed by atoms with Gasteiger partial charge in [0.05, 0.1) is 0 Å². The molecular formula is C17H16Cl2O5. The molecule has 0 bridgehead atoms. The highest BCUT2D eigenvalue weighted by atomic mass is 35.5. The molecule has 24 heavy (non-hydrogen) atoms. The molecule has 1 aliphatic carbocycles. The number of benzene rings is 1. The van der Waals surface area contributed by atoms with Crippen LogP contribution in [0.25, 0.3) is 0 Å². The van der Waals surface area contributed by atoms with Gasteiger partial charge in [-0.05, 0) is 42.0 Å². The molecular weight excluding hydrogens is 355 g/mol. The van der Waals surface area contributed by atoms with E-state index in [1.807, 2.05) is 6.07 Å². The molecule has 1 aromatic rings. The first-order valence-electron chi connectivity index (χ1n) is 7.34. The second-order valence-corrected chi connectivity index (χ2v) is 6.53. The lowest BCUT2D eigenvalue weighted by atomic mass is 9.93. The Morgan fingerprint density at radius 2 is 2.00 bits per heavy atom. The molecule has 0 saturated carbocycles. The van der Waals surface area contributed by atoms with Gasteiger partial charge in [0.1, 0.15) is 5.78 Å². The number of carbonyl (C=O) groups excluding carboxylic acids is 2. The van der Waals surface area contributed by atoms with Gasteiger partial charge in [0.2, 0.25) is 0 Å². The van der Waals surface area contributed by atoms with Gasteiger partial charge in [-0.15, -0.1) is 0 Å². The summed E-state index contributed by atoms with van der Waals surface area (Å²) in [4.78, 5) is 34.1. The zero-order chi connectivity index (χ0) is 17.9. The Bertz CT molecular complexity index is 711. The lowest BCUT2D eigenvalue weighted by Crippen LogP contribution is -2.16. The van der Waals surface area contributed by atoms with E-state index in [1.165, 1.54) is 0 Å². The highest BCUT2D eigenvalue weighted by molar-refractivity contribution is 6.35. The van der Waals surface area contributed by atoms with Gasteiger partial charge in [0.25, 0.3) is 0 Å². The van der Waals surface area contributed by atoms with Gasteiger partial charge < -0.3 is 9.84 Å². The van der Waals surface area contributed by atoms with Crippen LogP contribution in [0.5, 0.6) is 0 Å². The quantitative estimate of drug-likeness (QED) is 0.586. The smallest absolute Gasteiger partial charge is 0.341 e. The fourth-order valence-corrected chi connectivity index (χ4v) is 3.43. The topological polar surface area (TPSA) is 80.7 Å². The molecule has 2 rings (SSSR count). The van der Waals surface area contributed by atoms with Gasteiger partial charge in [-0.25, -0.2) is 9.59 Å². The van der Waals surface area contributed by atoms with Crippen molar-refractivity contribution in [2.75, 3.05) is 6.61 Å². The van der Waals surface area contributed by atoms with Crippen LogP contribution in [0.1, 0.15) is 36.3 Å². The lowest BCUT2D eigenvalue weighted by Gasteiger charge is -2.12. The van der Waals surface area contributed by atoms with E-state index in [0.29, 0.717) is 10.0 Å². The van der Waals surface area contributed by atoms with Crippen molar-refractivity contribution < 1.29 is 24.2 Å². The monoisotopic (exact) mass is 370 g/mol. The number of carbonyl (C=O) groups is 3. The summed E-state index contributed by atoms with van der Waals surface area (Å²) in [6.07, 6.45) is 1.65. The van der Waals surface area contributed by atoms with E-state index in [4.69, 9.17) is 28.3 Å². The van der Waals surface area contributed by atoms with Crippen molar-refractivity contribution in [3.63, 3.8) is 0 Å². The number of hydrogen-bond acceptors (Lipinski definition) is 4. The molecule has 0 heterocycles. The van der Waals surface area contributed by atoms with Gasteiger partial charge in [-0.3, -0.25) is 4.79 Å². The molecule has 5 nitrogen and oxygen atoms in total. The van der Waals surface area contributed by atoms with Gasteiger partial charge in [-0.2, -0.15) is 0 Å². The lowest BCUT2D eigenvalue weighted by molar-refractivity contribution is -0.152. The maximum absolute atomic E-state index is 12.2. The molecule has 0 spiro atoms. The normalized spacial score (nSPS) is 15.7. The molecule has 1 aromatic carbocycles. The molecule has 1 unspecified atom stereocenters. The first-order valence-corrected chi connectivity index (χ1v) is 8.09. The van der Waals surface area contributed by atoms with E-state index in [-0.39, 0.29) is 30.1 Å². The molecule has 7 heteroatoms. The molecule has 0 fully saturated rings. The second kappa shape index (κ2) is 7.81. The highest BCUT2D eigenvalue weighted by Gasteiger charge is 2.27. The van der Waals surface area contributed by atoms with Crippen LogP contribution >= 0.6 is 23.2 Å². The molecule has 0 radical (unpaired) electrons. The summed E-state index contributed by atoms with van der Waals surface area (Å²) in [6, 6.07) is 3.51. The van der Waals surface area contributed by atoms with Crippen LogP contribution in [0.2, 0.25) is 10.0 Å². The Labute approximate surface area is 149 Å². The average Bonchev–Trinajstić information content (AvgIpc) is 2.87. The number of aliphatic carboxylic acids is 1. The van der Waals surface area contributed by atoms with Crippen LogP contribution in [0.4, 0.5) is 0 Å². The Morgan fingerprint density at radius 1 is 1.29 bits per heavy atom. The Hall–Kier alpha value is -1.85. The maximum Gasteiger partial charge on any atom is 0.341 e. The van der Waals surface area contributed by atoms with Crippen LogP contribution < -0.4 is 0 Å². The summed E-state index contributed by atoms with van der Waals surface area (Å²) in [6.45, 7) is 2.74. The Balaban J connectivity index is 1.94. The number of ketones is 1. The van der Waals surface area contributed by atoms with Crippen LogP contribution in [0.15, 0.2) is 24.3 Å². The molecule has 1 atom stereocenters. The highest BCUT2D eigenvalue weighted by Crippen LogP contribution is 2.41. The zero-order valence-electron chi connectivity index (χ0n) is 12.8. The molecule has 0 aliphatic heterocycles. The maximum atomic E-state index is 12.2. The number of hydrogen-bond donors (Lipinski definition) is 1. The van der Waals surface area contributed by atoms with Crippen molar-refractivity contribution in [1.82, 2.24) is 0 Å². The molecule has 1 aliphatic rings. The fourth-order valence-electron chi connectivity index (χ4n) is 2.82. The fraction of sp³-hybridized carbons (Fsp3) is 0.353. The third-order valence-electron chi connectivity index (χ3n) is 3.88. The minimum Gasteiger partial charge on any atom is -0.479 e. The van der Waals surface area contributed by atoms with E-state index >= 15 is 0 Å². The number of fused-ring (bicyclic) bond motifs is 1. The number of Topliss-reactive ketones (excluding diaryl/α,β-unsaturated/α-hetero) is 1. The molecule has 1 N–H and O–H groups in total. The zero-order valence-corrected chi connectivity index (χ0v) is 14.3. The average molecular weight is 371 g/mol. The van der Waals surface area contributed by atoms with Gasteiger partial charge in [0.15, 0.2) is 6.61 Å². The van der Waals surface area contributed by atoms with Crippen LogP contribution in [-0.4, -0.2) is 29.4 Å². The Kier molecular flexibility index (Phi) is 6.02. The van der Waals surface area contributed by atoms with Crippen molar-refractivity contribution in [2.45, 2.75) is 31.6 Å². The number of carboxylic acids is 1. The third-order valence-corrected chi connectivity index (χ3v) is 4.43. The molecule has 128 valence electrons. The number of esters is 1. The third kappa shape index (κ3) is 4.58. The van der Waals surface area contributed by atoms with Gasteiger partial charge in [0, 0.05) is 28.5 Å². The van der Waals surface area contributed by atoms with Crippen molar-refractivity contribution in [2.24, 2.45) is 0 Å². The largest absolute Gasteiger partial charge is 0.479 e. The summed E-state index contributed by atoms with van der Waals surface area (Å²) in [5.74, 6) is -2.30. The predicted molar refractivity (Wildman–Crippen MR) is 89.5 cm³/mol. The van der Waals surface area contributed by atoms with Crippen molar-refractivity contribution in [1.29, 1.82) is 0 Å². The minimum absolute atomic E-state index is 0.00606. The van der Waals surface area contributed by atoms with Crippen LogP contribution in [0, 0.1) is 0 Å². The number of halogens is 2. The Morgan fingerprint density at radius 3 is 2.67 bits per heavy atom. The summed E-state index contributed by atoms with van der Waals surface area (Å²) in [5.41, 5.74) is 1.93. The van der Waals surface area contributed by atoms with E-state index in [1.54, 1.807) is 6.07 Å². The van der Waals surface area contributed by atoms with E-state index < -0.39 is 18.5 Å². The predicted octanol–water partition coefficient (Wildman–Crippen LogP) is 3.56. The number of rotatable bonds is 7. The SMILES string of the molecule is C=C(CC(=O)CC1CCc2c(Cl)cc(Cl)cc21)C(=O)OCC(=O)O. The first kappa shape index (κ1) is 18.5. The van der Waals surface area contributed by atoms with Gasteiger partial charge >= 0.3 is 11.9 Å². The van der Waals surface area contributed by atoms with E-state index in [0.717, 1.165) is 24.0 Å². The number of carboxylic acid groups (broad SMARTS) is 1. The molecule has 0 aromatic heterocycles. The standard InChI is InChI=1S/C17H16Cl2O5/c1-9(17(23)24-8-16(21)22)4-12(20)5-10-2-3-13-14(10)6-11(18)7-15(13)19/h6-7,10H,1-5,8H2,(H,21,22). The minimum atomic E-state index is -1.27. The summed E-state index contributed by atoms with van der Waals surface area (Å²) in [7, 11) is 0. The second-order valence-electron chi connectivity index (χ2n) is 5.68. The molecule has 0 amide bonds. The summed E-state index contributed by atoms with van der Waals surface area (Å²) >= 11 is 12.2. The van der Waals surface area contributed by atoms with E-state index in [9.17, 15) is 14.4 Å².